The molecule has 0 aliphatic rings. The van der Waals surface area contributed by atoms with Crippen LogP contribution in [-0.2, 0) is 11.2 Å². The van der Waals surface area contributed by atoms with Crippen molar-refractivity contribution < 1.29 is 4.79 Å². The van der Waals surface area contributed by atoms with Crippen LogP contribution in [0, 0.1) is 0 Å². The highest BCUT2D eigenvalue weighted by atomic mass is 32.2. The number of carbonyl (C=O) groups excluding carboxylic acids is 1. The van der Waals surface area contributed by atoms with E-state index in [4.69, 9.17) is 5.73 Å². The van der Waals surface area contributed by atoms with Crippen molar-refractivity contribution >= 4 is 23.4 Å². The topological polar surface area (TPSA) is 55.1 Å². The van der Waals surface area contributed by atoms with Gasteiger partial charge in [-0.2, -0.15) is 0 Å². The van der Waals surface area contributed by atoms with E-state index in [2.05, 4.69) is 19.2 Å². The number of benzene rings is 1. The van der Waals surface area contributed by atoms with Crippen LogP contribution in [-0.4, -0.2) is 23.5 Å². The first kappa shape index (κ1) is 15.1. The van der Waals surface area contributed by atoms with Crippen LogP contribution in [0.15, 0.2) is 24.3 Å². The number of nitrogens with one attached hydrogen (secondary N) is 1. The molecule has 0 spiro atoms. The summed E-state index contributed by atoms with van der Waals surface area (Å²) >= 11 is 1.64. The van der Waals surface area contributed by atoms with Crippen LogP contribution < -0.4 is 11.1 Å². The highest BCUT2D eigenvalue weighted by Gasteiger charge is 2.06. The summed E-state index contributed by atoms with van der Waals surface area (Å²) < 4.78 is 0. The fourth-order valence-electron chi connectivity index (χ4n) is 1.56. The number of hydrogen-bond acceptors (Lipinski definition) is 3. The van der Waals surface area contributed by atoms with Gasteiger partial charge in [-0.05, 0) is 37.1 Å². The van der Waals surface area contributed by atoms with Gasteiger partial charge in [0.2, 0.25) is 5.91 Å². The Kier molecular flexibility index (Phi) is 6.83. The first-order valence-electron chi connectivity index (χ1n) is 6.36. The van der Waals surface area contributed by atoms with Gasteiger partial charge in [0.25, 0.3) is 0 Å². The van der Waals surface area contributed by atoms with Gasteiger partial charge in [0.1, 0.15) is 0 Å². The Morgan fingerprint density at radius 3 is 2.61 bits per heavy atom. The molecule has 3 nitrogen and oxygen atoms in total. The number of thioether (sulfide) groups is 1. The molecule has 1 atom stereocenters. The average Bonchev–Trinajstić information content (AvgIpc) is 2.38. The minimum absolute atomic E-state index is 0.0492. The number of aryl methyl sites for hydroxylation is 1. The van der Waals surface area contributed by atoms with Gasteiger partial charge >= 0.3 is 0 Å². The van der Waals surface area contributed by atoms with E-state index in [1.54, 1.807) is 11.8 Å². The highest BCUT2D eigenvalue weighted by molar-refractivity contribution is 8.00. The van der Waals surface area contributed by atoms with E-state index >= 15 is 0 Å². The lowest BCUT2D eigenvalue weighted by atomic mass is 10.1. The lowest BCUT2D eigenvalue weighted by Gasteiger charge is -2.10. The Balaban J connectivity index is 2.35. The van der Waals surface area contributed by atoms with Gasteiger partial charge in [0.15, 0.2) is 0 Å². The van der Waals surface area contributed by atoms with Gasteiger partial charge in [-0.25, -0.2) is 0 Å². The summed E-state index contributed by atoms with van der Waals surface area (Å²) in [6.07, 6.45) is 1.96. The Labute approximate surface area is 114 Å². The summed E-state index contributed by atoms with van der Waals surface area (Å²) in [5.41, 5.74) is 7.61. The third-order valence-corrected chi connectivity index (χ3v) is 3.95. The van der Waals surface area contributed by atoms with E-state index in [0.717, 1.165) is 18.5 Å². The molecule has 18 heavy (non-hydrogen) atoms. The van der Waals surface area contributed by atoms with E-state index in [0.29, 0.717) is 17.5 Å². The Bertz CT molecular complexity index is 365. The number of amides is 1. The molecule has 0 radical (unpaired) electrons. The first-order valence-corrected chi connectivity index (χ1v) is 7.41. The standard InChI is InChI=1S/C14H22N2OS/c1-3-12-4-6-13(7-5-12)16-14(17)10-18-11(2)8-9-15/h4-7,11H,3,8-10,15H2,1-2H3,(H,16,17). The number of rotatable bonds is 7. The largest absolute Gasteiger partial charge is 0.330 e. The van der Waals surface area contributed by atoms with Crippen LogP contribution in [0.1, 0.15) is 25.8 Å². The molecule has 0 fully saturated rings. The molecule has 0 heterocycles. The van der Waals surface area contributed by atoms with Gasteiger partial charge in [-0.15, -0.1) is 11.8 Å². The van der Waals surface area contributed by atoms with E-state index in [-0.39, 0.29) is 5.91 Å². The van der Waals surface area contributed by atoms with Crippen LogP contribution in [0.4, 0.5) is 5.69 Å². The average molecular weight is 266 g/mol. The van der Waals surface area contributed by atoms with Crippen LogP contribution in [0.25, 0.3) is 0 Å². The Hall–Kier alpha value is -1.00. The zero-order chi connectivity index (χ0) is 13.4. The maximum absolute atomic E-state index is 11.7. The predicted octanol–water partition coefficient (Wildman–Crippen LogP) is 2.66. The summed E-state index contributed by atoms with van der Waals surface area (Å²) in [7, 11) is 0. The molecular formula is C14H22N2OS. The van der Waals surface area contributed by atoms with E-state index < -0.39 is 0 Å². The van der Waals surface area contributed by atoms with Crippen molar-refractivity contribution in [1.82, 2.24) is 0 Å². The molecule has 3 N–H and O–H groups in total. The summed E-state index contributed by atoms with van der Waals surface area (Å²) in [6.45, 7) is 4.89. The maximum atomic E-state index is 11.7. The molecule has 1 amide bonds. The SMILES string of the molecule is CCc1ccc(NC(=O)CSC(C)CCN)cc1. The third-order valence-electron chi connectivity index (χ3n) is 2.72. The van der Waals surface area contributed by atoms with E-state index in [9.17, 15) is 4.79 Å². The maximum Gasteiger partial charge on any atom is 0.234 e. The van der Waals surface area contributed by atoms with E-state index in [1.165, 1.54) is 5.56 Å². The van der Waals surface area contributed by atoms with Crippen molar-refractivity contribution in [2.75, 3.05) is 17.6 Å². The van der Waals surface area contributed by atoms with Gasteiger partial charge in [-0.3, -0.25) is 4.79 Å². The Morgan fingerprint density at radius 2 is 2.06 bits per heavy atom. The lowest BCUT2D eigenvalue weighted by Crippen LogP contribution is -2.16. The van der Waals surface area contributed by atoms with E-state index in [1.807, 2.05) is 24.3 Å². The van der Waals surface area contributed by atoms with Crippen molar-refractivity contribution in [2.24, 2.45) is 5.73 Å². The van der Waals surface area contributed by atoms with Crippen molar-refractivity contribution in [2.45, 2.75) is 31.9 Å². The molecule has 0 aliphatic heterocycles. The predicted molar refractivity (Wildman–Crippen MR) is 80.0 cm³/mol. The molecule has 4 heteroatoms. The van der Waals surface area contributed by atoms with Crippen LogP contribution >= 0.6 is 11.8 Å². The van der Waals surface area contributed by atoms with Crippen LogP contribution in [0.5, 0.6) is 0 Å². The van der Waals surface area contributed by atoms with Gasteiger partial charge in [-0.1, -0.05) is 26.0 Å². The number of nitrogens with two attached hydrogens (primary N) is 1. The van der Waals surface area contributed by atoms with Crippen LogP contribution in [0.3, 0.4) is 0 Å². The molecule has 1 unspecified atom stereocenters. The fraction of sp³-hybridized carbons (Fsp3) is 0.500. The minimum atomic E-state index is 0.0492. The van der Waals surface area contributed by atoms with Crippen molar-refractivity contribution in [3.05, 3.63) is 29.8 Å². The first-order chi connectivity index (χ1) is 8.65. The van der Waals surface area contributed by atoms with Gasteiger partial charge < -0.3 is 11.1 Å². The second kappa shape index (κ2) is 8.16. The fourth-order valence-corrected chi connectivity index (χ4v) is 2.37. The third kappa shape index (κ3) is 5.56. The molecule has 1 aromatic rings. The summed E-state index contributed by atoms with van der Waals surface area (Å²) in [5.74, 6) is 0.532. The van der Waals surface area contributed by atoms with Gasteiger partial charge in [0, 0.05) is 10.9 Å². The second-order valence-corrected chi connectivity index (χ2v) is 5.72. The molecule has 1 aromatic carbocycles. The van der Waals surface area contributed by atoms with Gasteiger partial charge in [0.05, 0.1) is 5.75 Å². The molecule has 0 saturated carbocycles. The normalized spacial score (nSPS) is 12.2. The summed E-state index contributed by atoms with van der Waals surface area (Å²) in [5, 5.41) is 3.33. The minimum Gasteiger partial charge on any atom is -0.330 e. The van der Waals surface area contributed by atoms with Crippen LogP contribution in [0.2, 0.25) is 0 Å². The molecular weight excluding hydrogens is 244 g/mol. The Morgan fingerprint density at radius 1 is 1.39 bits per heavy atom. The highest BCUT2D eigenvalue weighted by Crippen LogP contribution is 2.15. The summed E-state index contributed by atoms with van der Waals surface area (Å²) in [4.78, 5) is 11.7. The molecule has 0 aromatic heterocycles. The molecule has 0 aliphatic carbocycles. The smallest absolute Gasteiger partial charge is 0.234 e. The molecule has 1 rings (SSSR count). The second-order valence-electron chi connectivity index (χ2n) is 4.30. The van der Waals surface area contributed by atoms with Crippen molar-refractivity contribution in [1.29, 1.82) is 0 Å². The monoisotopic (exact) mass is 266 g/mol. The van der Waals surface area contributed by atoms with Crippen molar-refractivity contribution in [3.8, 4) is 0 Å². The number of carbonyl (C=O) groups is 1. The zero-order valence-electron chi connectivity index (χ0n) is 11.1. The molecule has 0 bridgehead atoms. The molecule has 100 valence electrons. The number of anilines is 1. The van der Waals surface area contributed by atoms with Crippen molar-refractivity contribution in [3.63, 3.8) is 0 Å². The molecule has 0 saturated heterocycles. The lowest BCUT2D eigenvalue weighted by molar-refractivity contribution is -0.113. The zero-order valence-corrected chi connectivity index (χ0v) is 11.9. The number of hydrogen-bond donors (Lipinski definition) is 2. The summed E-state index contributed by atoms with van der Waals surface area (Å²) in [6, 6.07) is 7.98. The quantitative estimate of drug-likeness (QED) is 0.797.